The van der Waals surface area contributed by atoms with Gasteiger partial charge in [-0.1, -0.05) is 0 Å². The molecule has 0 unspecified atom stereocenters. The topological polar surface area (TPSA) is 56.3 Å². The fourth-order valence-electron chi connectivity index (χ4n) is 2.40. The molecule has 0 atom stereocenters. The molecular formula is C17H15FN2O2. The number of nitrogens with zero attached hydrogens (tertiary/aromatic N) is 1. The summed E-state index contributed by atoms with van der Waals surface area (Å²) >= 11 is 0. The molecule has 0 amide bonds. The molecule has 0 saturated carbocycles. The van der Waals surface area contributed by atoms with E-state index in [1.54, 1.807) is 6.07 Å². The van der Waals surface area contributed by atoms with E-state index in [2.05, 4.69) is 4.98 Å². The van der Waals surface area contributed by atoms with Crippen LogP contribution in [0.5, 0.6) is 5.75 Å². The van der Waals surface area contributed by atoms with Crippen molar-refractivity contribution in [3.63, 3.8) is 0 Å². The molecule has 1 aromatic heterocycles. The van der Waals surface area contributed by atoms with E-state index < -0.39 is 5.82 Å². The summed E-state index contributed by atoms with van der Waals surface area (Å²) in [5.41, 5.74) is 2.32. The average molecular weight is 298 g/mol. The van der Waals surface area contributed by atoms with Gasteiger partial charge < -0.3 is 15.0 Å². The van der Waals surface area contributed by atoms with Crippen LogP contribution in [0.2, 0.25) is 0 Å². The molecule has 22 heavy (non-hydrogen) atoms. The number of pyridine rings is 1. The van der Waals surface area contributed by atoms with Crippen molar-refractivity contribution in [3.05, 3.63) is 58.5 Å². The number of aromatic hydroxyl groups is 1. The second-order valence-electron chi connectivity index (χ2n) is 5.37. The maximum absolute atomic E-state index is 13.4. The lowest BCUT2D eigenvalue weighted by Crippen LogP contribution is -2.10. The number of nitrogens with one attached hydrogen (secondary N) is 1. The summed E-state index contributed by atoms with van der Waals surface area (Å²) in [5, 5.41) is 10.1. The van der Waals surface area contributed by atoms with Crippen molar-refractivity contribution in [3.8, 4) is 17.0 Å². The maximum Gasteiger partial charge on any atom is 0.190 e. The van der Waals surface area contributed by atoms with Crippen LogP contribution in [0.15, 0.2) is 47.3 Å². The largest absolute Gasteiger partial charge is 0.508 e. The van der Waals surface area contributed by atoms with Gasteiger partial charge in [0.2, 0.25) is 0 Å². The number of phenols is 1. The molecule has 4 nitrogen and oxygen atoms in total. The average Bonchev–Trinajstić information content (AvgIpc) is 2.45. The number of anilines is 1. The van der Waals surface area contributed by atoms with Crippen LogP contribution in [0.25, 0.3) is 22.2 Å². The van der Waals surface area contributed by atoms with Crippen LogP contribution >= 0.6 is 0 Å². The predicted molar refractivity (Wildman–Crippen MR) is 86.0 cm³/mol. The van der Waals surface area contributed by atoms with Gasteiger partial charge in [-0.25, -0.2) is 4.39 Å². The first-order valence-corrected chi connectivity index (χ1v) is 6.78. The first kappa shape index (κ1) is 14.1. The Kier molecular flexibility index (Phi) is 3.33. The van der Waals surface area contributed by atoms with Crippen LogP contribution in [0.3, 0.4) is 0 Å². The lowest BCUT2D eigenvalue weighted by molar-refractivity contribution is 0.469. The number of aromatic amines is 1. The fourth-order valence-corrected chi connectivity index (χ4v) is 2.40. The zero-order valence-electron chi connectivity index (χ0n) is 12.2. The minimum absolute atomic E-state index is 0.156. The van der Waals surface area contributed by atoms with Gasteiger partial charge in [0.05, 0.1) is 0 Å². The predicted octanol–water partition coefficient (Wildman–Crippen LogP) is 3.11. The Balaban J connectivity index is 2.21. The van der Waals surface area contributed by atoms with Crippen LogP contribution in [-0.2, 0) is 0 Å². The third kappa shape index (κ3) is 2.53. The third-order valence-corrected chi connectivity index (χ3v) is 3.52. The lowest BCUT2D eigenvalue weighted by Gasteiger charge is -2.13. The van der Waals surface area contributed by atoms with E-state index in [0.717, 1.165) is 11.8 Å². The van der Waals surface area contributed by atoms with E-state index in [-0.39, 0.29) is 11.2 Å². The first-order chi connectivity index (χ1) is 10.4. The molecule has 2 aromatic carbocycles. The summed E-state index contributed by atoms with van der Waals surface area (Å²) in [6.45, 7) is 0. The zero-order chi connectivity index (χ0) is 15.9. The van der Waals surface area contributed by atoms with Crippen molar-refractivity contribution in [2.24, 2.45) is 0 Å². The highest BCUT2D eigenvalue weighted by molar-refractivity contribution is 5.84. The zero-order valence-corrected chi connectivity index (χ0v) is 12.2. The molecule has 3 aromatic rings. The van der Waals surface area contributed by atoms with Crippen LogP contribution in [0.4, 0.5) is 10.1 Å². The Hall–Kier alpha value is -2.82. The number of rotatable bonds is 2. The number of halogens is 1. The minimum Gasteiger partial charge on any atom is -0.508 e. The molecule has 0 radical (unpaired) electrons. The summed E-state index contributed by atoms with van der Waals surface area (Å²) in [6.07, 6.45) is 0. The van der Waals surface area contributed by atoms with Crippen molar-refractivity contribution < 1.29 is 9.50 Å². The molecule has 5 heteroatoms. The SMILES string of the molecule is CN(C)c1ccc2[nH]c(-c3cc(O)cc(F)c3)cc(=O)c2c1. The highest BCUT2D eigenvalue weighted by atomic mass is 19.1. The van der Waals surface area contributed by atoms with E-state index in [9.17, 15) is 14.3 Å². The molecule has 3 rings (SSSR count). The Labute approximate surface area is 126 Å². The van der Waals surface area contributed by atoms with Crippen LogP contribution in [0.1, 0.15) is 0 Å². The highest BCUT2D eigenvalue weighted by Gasteiger charge is 2.08. The standard InChI is InChI=1S/C17H15FN2O2/c1-20(2)12-3-4-15-14(8-12)17(22)9-16(19-15)10-5-11(18)7-13(21)6-10/h3-9,21H,1-2H3,(H,19,22). The van der Waals surface area contributed by atoms with Crippen molar-refractivity contribution in [2.75, 3.05) is 19.0 Å². The summed E-state index contributed by atoms with van der Waals surface area (Å²) in [6, 6.07) is 10.6. The number of phenolic OH excluding ortho intramolecular Hbond substituents is 1. The number of hydrogen-bond acceptors (Lipinski definition) is 3. The van der Waals surface area contributed by atoms with Gasteiger partial charge in [0, 0.05) is 54.1 Å². The van der Waals surface area contributed by atoms with Gasteiger partial charge >= 0.3 is 0 Å². The highest BCUT2D eigenvalue weighted by Crippen LogP contribution is 2.25. The van der Waals surface area contributed by atoms with Crippen LogP contribution < -0.4 is 10.3 Å². The maximum atomic E-state index is 13.4. The van der Waals surface area contributed by atoms with E-state index in [1.807, 2.05) is 31.1 Å². The Bertz CT molecular complexity index is 896. The van der Waals surface area contributed by atoms with E-state index in [0.29, 0.717) is 22.2 Å². The summed E-state index contributed by atoms with van der Waals surface area (Å²) < 4.78 is 13.4. The molecule has 2 N–H and O–H groups in total. The molecule has 0 fully saturated rings. The van der Waals surface area contributed by atoms with Gasteiger partial charge in [-0.3, -0.25) is 4.79 Å². The minimum atomic E-state index is -0.557. The van der Waals surface area contributed by atoms with Crippen LogP contribution in [0, 0.1) is 5.82 Å². The van der Waals surface area contributed by atoms with Gasteiger partial charge in [-0.2, -0.15) is 0 Å². The second-order valence-corrected chi connectivity index (χ2v) is 5.37. The lowest BCUT2D eigenvalue weighted by atomic mass is 10.1. The van der Waals surface area contributed by atoms with Crippen molar-refractivity contribution >= 4 is 16.6 Å². The Morgan fingerprint density at radius 3 is 2.55 bits per heavy atom. The van der Waals surface area contributed by atoms with Gasteiger partial charge in [0.15, 0.2) is 5.43 Å². The summed E-state index contributed by atoms with van der Waals surface area (Å²) in [5.74, 6) is -0.738. The smallest absolute Gasteiger partial charge is 0.190 e. The van der Waals surface area contributed by atoms with Crippen molar-refractivity contribution in [2.45, 2.75) is 0 Å². The normalized spacial score (nSPS) is 10.9. The third-order valence-electron chi connectivity index (χ3n) is 3.52. The van der Waals surface area contributed by atoms with Crippen molar-refractivity contribution in [1.82, 2.24) is 4.98 Å². The monoisotopic (exact) mass is 298 g/mol. The molecule has 0 aliphatic heterocycles. The summed E-state index contributed by atoms with van der Waals surface area (Å²) in [7, 11) is 3.80. The van der Waals surface area contributed by atoms with E-state index in [1.165, 1.54) is 18.2 Å². The molecule has 112 valence electrons. The van der Waals surface area contributed by atoms with E-state index in [4.69, 9.17) is 0 Å². The quantitative estimate of drug-likeness (QED) is 0.764. The molecule has 0 aliphatic carbocycles. The number of aromatic nitrogens is 1. The Morgan fingerprint density at radius 1 is 1.09 bits per heavy atom. The molecule has 0 saturated heterocycles. The number of hydrogen-bond donors (Lipinski definition) is 2. The molecule has 0 spiro atoms. The van der Waals surface area contributed by atoms with Gasteiger partial charge in [0.1, 0.15) is 11.6 Å². The number of benzene rings is 2. The Morgan fingerprint density at radius 2 is 1.86 bits per heavy atom. The summed E-state index contributed by atoms with van der Waals surface area (Å²) in [4.78, 5) is 17.3. The fraction of sp³-hybridized carbons (Fsp3) is 0.118. The molecule has 0 bridgehead atoms. The number of fused-ring (bicyclic) bond motifs is 1. The first-order valence-electron chi connectivity index (χ1n) is 6.78. The van der Waals surface area contributed by atoms with Crippen LogP contribution in [-0.4, -0.2) is 24.2 Å². The van der Waals surface area contributed by atoms with Crippen molar-refractivity contribution in [1.29, 1.82) is 0 Å². The van der Waals surface area contributed by atoms with Gasteiger partial charge in [-0.05, 0) is 30.3 Å². The van der Waals surface area contributed by atoms with Gasteiger partial charge in [-0.15, -0.1) is 0 Å². The molecular weight excluding hydrogens is 283 g/mol. The number of H-pyrrole nitrogens is 1. The van der Waals surface area contributed by atoms with Gasteiger partial charge in [0.25, 0.3) is 0 Å². The molecule has 0 aliphatic rings. The van der Waals surface area contributed by atoms with E-state index >= 15 is 0 Å². The molecule has 1 heterocycles. The second kappa shape index (κ2) is 5.18.